The molecule has 0 radical (unpaired) electrons. The number of nitrogens with zero attached hydrogens (tertiary/aromatic N) is 2. The fourth-order valence-electron chi connectivity index (χ4n) is 2.95. The van der Waals surface area contributed by atoms with E-state index in [1.165, 1.54) is 12.3 Å². The standard InChI is InChI=1S/C19H13Cl2N3O2/c1-9-5-14-17(19(25)24-15-7-12(20)13(21)8-23-15)16(18(9)26-14)11-3-4-22-10(2)6-11/h3-8H,1-2H3,(H,23,24,25). The number of carbonyl (C=O) groups excluding carboxylic acids is 1. The number of aryl methyl sites for hydroxylation is 2. The van der Waals surface area contributed by atoms with E-state index in [1.807, 2.05) is 32.0 Å². The van der Waals surface area contributed by atoms with Crippen molar-refractivity contribution in [1.29, 1.82) is 0 Å². The number of pyridine rings is 2. The van der Waals surface area contributed by atoms with Crippen LogP contribution in [0.15, 0.2) is 41.1 Å². The number of hydrogen-bond donors (Lipinski definition) is 1. The smallest absolute Gasteiger partial charge is 0.261 e. The minimum absolute atomic E-state index is 0.316. The van der Waals surface area contributed by atoms with Crippen LogP contribution in [-0.4, -0.2) is 15.9 Å². The Balaban J connectivity index is 1.79. The molecule has 4 heterocycles. The molecule has 26 heavy (non-hydrogen) atoms. The summed E-state index contributed by atoms with van der Waals surface area (Å²) in [5.74, 6) is -0.00895. The highest BCUT2D eigenvalue weighted by Gasteiger charge is 2.26. The first-order valence-electron chi connectivity index (χ1n) is 7.85. The molecule has 2 bridgehead atoms. The van der Waals surface area contributed by atoms with Gasteiger partial charge in [-0.05, 0) is 43.2 Å². The number of hydrogen-bond acceptors (Lipinski definition) is 4. The summed E-state index contributed by atoms with van der Waals surface area (Å²) in [7, 11) is 0. The van der Waals surface area contributed by atoms with Gasteiger partial charge in [-0.3, -0.25) is 9.78 Å². The van der Waals surface area contributed by atoms with E-state index in [1.54, 1.807) is 6.20 Å². The minimum atomic E-state index is -0.325. The van der Waals surface area contributed by atoms with Crippen LogP contribution in [0.1, 0.15) is 21.6 Å². The fraction of sp³-hybridized carbons (Fsp3) is 0.105. The average Bonchev–Trinajstić information content (AvgIpc) is 3.15. The first-order valence-corrected chi connectivity index (χ1v) is 8.60. The van der Waals surface area contributed by atoms with E-state index in [9.17, 15) is 4.79 Å². The summed E-state index contributed by atoms with van der Waals surface area (Å²) in [6.45, 7) is 3.85. The molecule has 4 rings (SSSR count). The second-order valence-corrected chi connectivity index (χ2v) is 6.81. The zero-order chi connectivity index (χ0) is 18.4. The van der Waals surface area contributed by atoms with Gasteiger partial charge in [-0.15, -0.1) is 0 Å². The largest absolute Gasteiger partial charge is 0.456 e. The first kappa shape index (κ1) is 16.8. The molecule has 0 aliphatic rings. The fourth-order valence-corrected chi connectivity index (χ4v) is 3.21. The van der Waals surface area contributed by atoms with Gasteiger partial charge in [0, 0.05) is 29.7 Å². The molecule has 0 atom stereocenters. The van der Waals surface area contributed by atoms with Crippen molar-refractivity contribution in [3.8, 4) is 11.1 Å². The first-order chi connectivity index (χ1) is 12.4. The molecule has 0 unspecified atom stereocenters. The molecule has 130 valence electrons. The summed E-state index contributed by atoms with van der Waals surface area (Å²) in [6, 6.07) is 7.14. The molecule has 0 fully saturated rings. The van der Waals surface area contributed by atoms with Crippen molar-refractivity contribution < 1.29 is 9.21 Å². The van der Waals surface area contributed by atoms with E-state index in [2.05, 4.69) is 15.3 Å². The van der Waals surface area contributed by atoms with Crippen LogP contribution >= 0.6 is 23.2 Å². The number of furan rings is 2. The predicted octanol–water partition coefficient (Wildman–Crippen LogP) is 5.50. The van der Waals surface area contributed by atoms with E-state index >= 15 is 0 Å². The maximum Gasteiger partial charge on any atom is 0.261 e. The number of aromatic nitrogens is 2. The van der Waals surface area contributed by atoms with Gasteiger partial charge in [0.1, 0.15) is 17.0 Å². The van der Waals surface area contributed by atoms with E-state index in [0.29, 0.717) is 32.6 Å². The number of halogens is 2. The van der Waals surface area contributed by atoms with Crippen molar-refractivity contribution in [3.05, 3.63) is 63.5 Å². The van der Waals surface area contributed by atoms with Crippen LogP contribution in [-0.2, 0) is 0 Å². The Morgan fingerprint density at radius 1 is 1.12 bits per heavy atom. The Labute approximate surface area is 159 Å². The molecule has 0 saturated heterocycles. The molecule has 4 aromatic heterocycles. The Hall–Kier alpha value is -2.63. The molecule has 0 aromatic carbocycles. The highest BCUT2D eigenvalue weighted by atomic mass is 35.5. The van der Waals surface area contributed by atoms with Crippen LogP contribution < -0.4 is 5.32 Å². The maximum absolute atomic E-state index is 12.9. The monoisotopic (exact) mass is 385 g/mol. The Morgan fingerprint density at radius 2 is 1.92 bits per heavy atom. The lowest BCUT2D eigenvalue weighted by Crippen LogP contribution is -2.14. The molecule has 5 nitrogen and oxygen atoms in total. The quantitative estimate of drug-likeness (QED) is 0.505. The SMILES string of the molecule is Cc1cc(-c2c(C(=O)Nc3cc(Cl)c(Cl)cn3)c3cc(C)c2o3)ccn1. The van der Waals surface area contributed by atoms with Gasteiger partial charge in [-0.2, -0.15) is 0 Å². The molecule has 0 spiro atoms. The van der Waals surface area contributed by atoms with E-state index in [0.717, 1.165) is 22.4 Å². The van der Waals surface area contributed by atoms with E-state index < -0.39 is 0 Å². The highest BCUT2D eigenvalue weighted by molar-refractivity contribution is 6.42. The van der Waals surface area contributed by atoms with Gasteiger partial charge >= 0.3 is 0 Å². The van der Waals surface area contributed by atoms with Crippen molar-refractivity contribution >= 4 is 46.1 Å². The maximum atomic E-state index is 12.9. The topological polar surface area (TPSA) is 68.0 Å². The van der Waals surface area contributed by atoms with Gasteiger partial charge in [0.05, 0.1) is 15.6 Å². The highest BCUT2D eigenvalue weighted by Crippen LogP contribution is 2.39. The van der Waals surface area contributed by atoms with Crippen molar-refractivity contribution in [2.45, 2.75) is 13.8 Å². The van der Waals surface area contributed by atoms with Crippen molar-refractivity contribution in [2.24, 2.45) is 0 Å². The second-order valence-electron chi connectivity index (χ2n) is 6.00. The Bertz CT molecular complexity index is 1140. The van der Waals surface area contributed by atoms with Gasteiger partial charge < -0.3 is 9.73 Å². The van der Waals surface area contributed by atoms with Gasteiger partial charge in [0.2, 0.25) is 0 Å². The molecule has 7 heteroatoms. The summed E-state index contributed by atoms with van der Waals surface area (Å²) in [5, 5.41) is 3.40. The Morgan fingerprint density at radius 3 is 2.65 bits per heavy atom. The minimum Gasteiger partial charge on any atom is -0.456 e. The van der Waals surface area contributed by atoms with Gasteiger partial charge in [-0.1, -0.05) is 23.2 Å². The number of anilines is 1. The van der Waals surface area contributed by atoms with Crippen LogP contribution in [0.4, 0.5) is 5.82 Å². The molecular formula is C19H13Cl2N3O2. The summed E-state index contributed by atoms with van der Waals surface area (Å²) < 4.78 is 5.82. The van der Waals surface area contributed by atoms with Gasteiger partial charge in [-0.25, -0.2) is 4.98 Å². The predicted molar refractivity (Wildman–Crippen MR) is 102 cm³/mol. The number of rotatable bonds is 3. The molecule has 0 saturated carbocycles. The summed E-state index contributed by atoms with van der Waals surface area (Å²) in [4.78, 5) is 21.2. The molecule has 1 amide bonds. The van der Waals surface area contributed by atoms with E-state index in [4.69, 9.17) is 27.6 Å². The number of benzene rings is 1. The Kier molecular flexibility index (Phi) is 4.05. The van der Waals surface area contributed by atoms with Gasteiger partial charge in [0.25, 0.3) is 5.91 Å². The van der Waals surface area contributed by atoms with Gasteiger partial charge in [0.15, 0.2) is 0 Å². The normalized spacial score (nSPS) is 11.2. The molecule has 0 aliphatic heterocycles. The third-order valence-electron chi connectivity index (χ3n) is 4.10. The van der Waals surface area contributed by atoms with E-state index in [-0.39, 0.29) is 5.91 Å². The van der Waals surface area contributed by atoms with Crippen molar-refractivity contribution in [2.75, 3.05) is 5.32 Å². The number of carbonyl (C=O) groups is 1. The van der Waals surface area contributed by atoms with Crippen LogP contribution in [0.5, 0.6) is 0 Å². The summed E-state index contributed by atoms with van der Waals surface area (Å²) >= 11 is 11.9. The van der Waals surface area contributed by atoms with Crippen LogP contribution in [0.2, 0.25) is 10.0 Å². The van der Waals surface area contributed by atoms with Crippen LogP contribution in [0, 0.1) is 13.8 Å². The van der Waals surface area contributed by atoms with Crippen LogP contribution in [0.3, 0.4) is 0 Å². The third kappa shape index (κ3) is 2.79. The third-order valence-corrected chi connectivity index (χ3v) is 4.81. The number of amides is 1. The summed E-state index contributed by atoms with van der Waals surface area (Å²) in [5.41, 5.74) is 5.15. The number of fused-ring (bicyclic) bond motifs is 2. The second kappa shape index (κ2) is 6.27. The molecule has 4 aromatic rings. The van der Waals surface area contributed by atoms with Crippen molar-refractivity contribution in [3.63, 3.8) is 0 Å². The lowest BCUT2D eigenvalue weighted by atomic mass is 9.97. The zero-order valence-corrected chi connectivity index (χ0v) is 15.4. The zero-order valence-electron chi connectivity index (χ0n) is 13.9. The van der Waals surface area contributed by atoms with Crippen molar-refractivity contribution in [1.82, 2.24) is 9.97 Å². The number of nitrogens with one attached hydrogen (secondary N) is 1. The lowest BCUT2D eigenvalue weighted by Gasteiger charge is -2.09. The lowest BCUT2D eigenvalue weighted by molar-refractivity contribution is 0.102. The molecule has 1 N–H and O–H groups in total. The molecular weight excluding hydrogens is 373 g/mol. The molecule has 0 aliphatic carbocycles. The van der Waals surface area contributed by atoms with Crippen LogP contribution in [0.25, 0.3) is 22.3 Å². The summed E-state index contributed by atoms with van der Waals surface area (Å²) in [6.07, 6.45) is 3.11. The average molecular weight is 386 g/mol.